The van der Waals surface area contributed by atoms with Crippen molar-refractivity contribution in [3.63, 3.8) is 0 Å². The van der Waals surface area contributed by atoms with Gasteiger partial charge in [-0.05, 0) is 55.3 Å². The van der Waals surface area contributed by atoms with Crippen molar-refractivity contribution < 1.29 is 9.13 Å². The van der Waals surface area contributed by atoms with Gasteiger partial charge in [0.25, 0.3) is 0 Å². The van der Waals surface area contributed by atoms with Crippen LogP contribution in [0.5, 0.6) is 5.75 Å². The summed E-state index contributed by atoms with van der Waals surface area (Å²) in [5.41, 5.74) is 3.57. The monoisotopic (exact) mass is 388 g/mol. The van der Waals surface area contributed by atoms with E-state index in [1.807, 2.05) is 44.2 Å². The normalized spacial score (nSPS) is 10.9. The summed E-state index contributed by atoms with van der Waals surface area (Å²) in [4.78, 5) is 13.5. The number of nitrogens with one attached hydrogen (secondary N) is 1. The molecule has 0 unspecified atom stereocenters. The van der Waals surface area contributed by atoms with Crippen LogP contribution < -0.4 is 10.1 Å². The molecule has 6 heteroatoms. The van der Waals surface area contributed by atoms with Crippen LogP contribution >= 0.6 is 0 Å². The first-order valence-corrected chi connectivity index (χ1v) is 9.44. The number of nitrogens with zero attached hydrogens (tertiary/aromatic N) is 3. The fourth-order valence-electron chi connectivity index (χ4n) is 3.29. The van der Waals surface area contributed by atoms with Crippen LogP contribution in [-0.4, -0.2) is 28.6 Å². The van der Waals surface area contributed by atoms with Gasteiger partial charge in [-0.15, -0.1) is 0 Å². The maximum Gasteiger partial charge on any atom is 0.163 e. The molecule has 0 atom stereocenters. The summed E-state index contributed by atoms with van der Waals surface area (Å²) in [6.45, 7) is 4.25. The molecule has 2 heterocycles. The molecule has 0 amide bonds. The highest BCUT2D eigenvalue weighted by atomic mass is 19.1. The second-order valence-electron chi connectivity index (χ2n) is 6.67. The number of hydrogen-bond donors (Lipinski definition) is 1. The molecule has 2 aromatic carbocycles. The quantitative estimate of drug-likeness (QED) is 0.506. The van der Waals surface area contributed by atoms with Crippen LogP contribution in [0.3, 0.4) is 0 Å². The van der Waals surface area contributed by atoms with E-state index < -0.39 is 0 Å². The SMILES string of the molecule is CCOc1cc(-c2ccc(C)cc2F)cc2c(NC)nc(-c3cccnc3)nc12. The van der Waals surface area contributed by atoms with Gasteiger partial charge < -0.3 is 10.1 Å². The Morgan fingerprint density at radius 1 is 1.07 bits per heavy atom. The largest absolute Gasteiger partial charge is 0.492 e. The molecule has 0 fully saturated rings. The Hall–Kier alpha value is -3.54. The number of anilines is 1. The first kappa shape index (κ1) is 18.8. The van der Waals surface area contributed by atoms with E-state index in [4.69, 9.17) is 9.72 Å². The molecule has 0 saturated heterocycles. The lowest BCUT2D eigenvalue weighted by Crippen LogP contribution is -2.02. The van der Waals surface area contributed by atoms with Gasteiger partial charge in [0.2, 0.25) is 0 Å². The highest BCUT2D eigenvalue weighted by Gasteiger charge is 2.16. The molecule has 4 rings (SSSR count). The van der Waals surface area contributed by atoms with Gasteiger partial charge in [-0.3, -0.25) is 4.98 Å². The van der Waals surface area contributed by atoms with E-state index >= 15 is 0 Å². The van der Waals surface area contributed by atoms with Crippen molar-refractivity contribution in [2.75, 3.05) is 19.0 Å². The van der Waals surface area contributed by atoms with Gasteiger partial charge in [0.05, 0.1) is 6.61 Å². The van der Waals surface area contributed by atoms with Crippen molar-refractivity contribution in [3.8, 4) is 28.3 Å². The summed E-state index contributed by atoms with van der Waals surface area (Å²) in [5, 5.41) is 3.90. The predicted octanol–water partition coefficient (Wildman–Crippen LogP) is 5.25. The van der Waals surface area contributed by atoms with Crippen LogP contribution in [0.1, 0.15) is 12.5 Å². The first-order valence-electron chi connectivity index (χ1n) is 9.44. The lowest BCUT2D eigenvalue weighted by molar-refractivity contribution is 0.344. The van der Waals surface area contributed by atoms with Gasteiger partial charge in [0, 0.05) is 36.0 Å². The van der Waals surface area contributed by atoms with E-state index in [1.54, 1.807) is 25.5 Å². The van der Waals surface area contributed by atoms with Crippen LogP contribution in [0.2, 0.25) is 0 Å². The van der Waals surface area contributed by atoms with Gasteiger partial charge in [-0.2, -0.15) is 0 Å². The van der Waals surface area contributed by atoms with Gasteiger partial charge in [0.1, 0.15) is 22.9 Å². The number of halogens is 1. The summed E-state index contributed by atoms with van der Waals surface area (Å²) in [6, 6.07) is 12.7. The number of fused-ring (bicyclic) bond motifs is 1. The van der Waals surface area contributed by atoms with Gasteiger partial charge in [0.15, 0.2) is 5.82 Å². The summed E-state index contributed by atoms with van der Waals surface area (Å²) < 4.78 is 20.5. The minimum Gasteiger partial charge on any atom is -0.492 e. The molecule has 0 bridgehead atoms. The zero-order chi connectivity index (χ0) is 20.4. The Morgan fingerprint density at radius 2 is 1.93 bits per heavy atom. The van der Waals surface area contributed by atoms with Crippen LogP contribution in [-0.2, 0) is 0 Å². The molecule has 29 heavy (non-hydrogen) atoms. The third-order valence-electron chi connectivity index (χ3n) is 4.66. The van der Waals surface area contributed by atoms with Crippen molar-refractivity contribution in [2.24, 2.45) is 0 Å². The maximum atomic E-state index is 14.6. The minimum atomic E-state index is -0.272. The van der Waals surface area contributed by atoms with Crippen LogP contribution in [0, 0.1) is 12.7 Å². The molecule has 146 valence electrons. The average molecular weight is 388 g/mol. The Morgan fingerprint density at radius 3 is 2.62 bits per heavy atom. The number of aromatic nitrogens is 3. The second-order valence-corrected chi connectivity index (χ2v) is 6.67. The molecule has 0 aliphatic carbocycles. The molecular formula is C23H21FN4O. The smallest absolute Gasteiger partial charge is 0.163 e. The van der Waals surface area contributed by atoms with Crippen molar-refractivity contribution >= 4 is 16.7 Å². The Labute approximate surface area is 168 Å². The molecule has 0 radical (unpaired) electrons. The van der Waals surface area contributed by atoms with Crippen LogP contribution in [0.15, 0.2) is 54.9 Å². The third-order valence-corrected chi connectivity index (χ3v) is 4.66. The molecule has 4 aromatic rings. The molecule has 2 aromatic heterocycles. The first-order chi connectivity index (χ1) is 14.1. The predicted molar refractivity (Wildman–Crippen MR) is 114 cm³/mol. The number of aryl methyl sites for hydroxylation is 1. The second kappa shape index (κ2) is 7.83. The zero-order valence-corrected chi connectivity index (χ0v) is 16.5. The zero-order valence-electron chi connectivity index (χ0n) is 16.5. The minimum absolute atomic E-state index is 0.272. The number of benzene rings is 2. The Bertz CT molecular complexity index is 1180. The van der Waals surface area contributed by atoms with Gasteiger partial charge >= 0.3 is 0 Å². The number of pyridine rings is 1. The van der Waals surface area contributed by atoms with E-state index in [0.717, 1.165) is 16.5 Å². The molecule has 0 aliphatic rings. The van der Waals surface area contributed by atoms with Crippen molar-refractivity contribution in [1.82, 2.24) is 15.0 Å². The van der Waals surface area contributed by atoms with Gasteiger partial charge in [-0.1, -0.05) is 12.1 Å². The Kier molecular flexibility index (Phi) is 5.08. The molecule has 0 spiro atoms. The lowest BCUT2D eigenvalue weighted by atomic mass is 10.0. The molecular weight excluding hydrogens is 367 g/mol. The summed E-state index contributed by atoms with van der Waals surface area (Å²) >= 11 is 0. The van der Waals surface area contributed by atoms with E-state index in [2.05, 4.69) is 15.3 Å². The molecule has 5 nitrogen and oxygen atoms in total. The summed E-state index contributed by atoms with van der Waals surface area (Å²) in [7, 11) is 1.80. The number of rotatable bonds is 5. The lowest BCUT2D eigenvalue weighted by Gasteiger charge is -2.14. The highest BCUT2D eigenvalue weighted by Crippen LogP contribution is 2.36. The van der Waals surface area contributed by atoms with Crippen LogP contribution in [0.4, 0.5) is 10.2 Å². The van der Waals surface area contributed by atoms with E-state index in [9.17, 15) is 4.39 Å². The average Bonchev–Trinajstić information content (AvgIpc) is 2.74. The standard InChI is InChI=1S/C23H21FN4O/c1-4-29-20-12-16(17-8-7-14(2)10-19(17)24)11-18-21(20)27-22(28-23(18)25-3)15-6-5-9-26-13-15/h5-13H,4H2,1-3H3,(H,25,27,28). The highest BCUT2D eigenvalue weighted by molar-refractivity contribution is 5.97. The number of hydrogen-bond acceptors (Lipinski definition) is 5. The number of ether oxygens (including phenoxy) is 1. The van der Waals surface area contributed by atoms with E-state index in [-0.39, 0.29) is 5.82 Å². The van der Waals surface area contributed by atoms with E-state index in [0.29, 0.717) is 40.6 Å². The summed E-state index contributed by atoms with van der Waals surface area (Å²) in [6.07, 6.45) is 3.43. The fraction of sp³-hybridized carbons (Fsp3) is 0.174. The fourth-order valence-corrected chi connectivity index (χ4v) is 3.29. The van der Waals surface area contributed by atoms with Crippen LogP contribution in [0.25, 0.3) is 33.4 Å². The van der Waals surface area contributed by atoms with E-state index in [1.165, 1.54) is 6.07 Å². The maximum absolute atomic E-state index is 14.6. The summed E-state index contributed by atoms with van der Waals surface area (Å²) in [5.74, 6) is 1.50. The third kappa shape index (κ3) is 3.61. The van der Waals surface area contributed by atoms with Crippen molar-refractivity contribution in [1.29, 1.82) is 0 Å². The molecule has 0 saturated carbocycles. The van der Waals surface area contributed by atoms with Crippen molar-refractivity contribution in [3.05, 3.63) is 66.2 Å². The molecule has 0 aliphatic heterocycles. The van der Waals surface area contributed by atoms with Crippen molar-refractivity contribution in [2.45, 2.75) is 13.8 Å². The topological polar surface area (TPSA) is 59.9 Å². The Balaban J connectivity index is 1.98. The van der Waals surface area contributed by atoms with Gasteiger partial charge in [-0.25, -0.2) is 14.4 Å². The molecule has 1 N–H and O–H groups in total.